The molecule has 0 bridgehead atoms. The van der Waals surface area contributed by atoms with Gasteiger partial charge in [0.25, 0.3) is 0 Å². The number of carboxylic acid groups (broad SMARTS) is 1. The number of carboxylic acids is 1. The summed E-state index contributed by atoms with van der Waals surface area (Å²) in [5.74, 6) is -0.502. The number of thiophene rings is 1. The number of aryl methyl sites for hydroxylation is 1. The van der Waals surface area contributed by atoms with Crippen LogP contribution in [0.5, 0.6) is 0 Å². The van der Waals surface area contributed by atoms with Crippen molar-refractivity contribution in [1.82, 2.24) is 0 Å². The fraction of sp³-hybridized carbons (Fsp3) is 0.650. The van der Waals surface area contributed by atoms with Crippen molar-refractivity contribution >= 4 is 28.9 Å². The van der Waals surface area contributed by atoms with Gasteiger partial charge < -0.3 is 15.3 Å². The van der Waals surface area contributed by atoms with E-state index >= 15 is 0 Å². The molecule has 0 radical (unpaired) electrons. The number of hydrogen-bond acceptors (Lipinski definition) is 4. The molecule has 1 aliphatic carbocycles. The fourth-order valence-electron chi connectivity index (χ4n) is 3.68. The summed E-state index contributed by atoms with van der Waals surface area (Å²) in [5.41, 5.74) is 0. The average molecular weight is 401 g/mol. The van der Waals surface area contributed by atoms with E-state index in [1.54, 1.807) is 6.07 Å². The number of rotatable bonds is 11. The van der Waals surface area contributed by atoms with E-state index in [4.69, 9.17) is 21.8 Å². The average Bonchev–Trinajstić information content (AvgIpc) is 3.17. The third kappa shape index (κ3) is 6.38. The van der Waals surface area contributed by atoms with E-state index in [9.17, 15) is 9.90 Å². The van der Waals surface area contributed by atoms with E-state index < -0.39 is 5.97 Å². The summed E-state index contributed by atoms with van der Waals surface area (Å²) in [7, 11) is 0. The molecule has 0 amide bonds. The Morgan fingerprint density at radius 3 is 2.77 bits per heavy atom. The van der Waals surface area contributed by atoms with Gasteiger partial charge in [-0.15, -0.1) is 22.9 Å². The van der Waals surface area contributed by atoms with Gasteiger partial charge in [0, 0.05) is 22.8 Å². The van der Waals surface area contributed by atoms with Gasteiger partial charge in [-0.1, -0.05) is 18.6 Å². The van der Waals surface area contributed by atoms with Crippen LogP contribution in [0.25, 0.3) is 0 Å². The predicted octanol–water partition coefficient (Wildman–Crippen LogP) is 4.48. The Morgan fingerprint density at radius 1 is 1.27 bits per heavy atom. The first kappa shape index (κ1) is 21.4. The Bertz CT molecular complexity index is 586. The van der Waals surface area contributed by atoms with Crippen molar-refractivity contribution < 1.29 is 20.1 Å². The second-order valence-electron chi connectivity index (χ2n) is 7.02. The van der Waals surface area contributed by atoms with Crippen molar-refractivity contribution in [2.45, 2.75) is 62.8 Å². The maximum atomic E-state index is 10.9. The molecule has 1 saturated carbocycles. The summed E-state index contributed by atoms with van der Waals surface area (Å²) in [6.45, 7) is 0.249. The van der Waals surface area contributed by atoms with Crippen molar-refractivity contribution in [3.63, 3.8) is 0 Å². The lowest BCUT2D eigenvalue weighted by molar-refractivity contribution is 0.0702. The van der Waals surface area contributed by atoms with Gasteiger partial charge in [-0.05, 0) is 63.0 Å². The largest absolute Gasteiger partial charge is 0.477 e. The lowest BCUT2D eigenvalue weighted by atomic mass is 9.89. The van der Waals surface area contributed by atoms with Crippen molar-refractivity contribution in [3.8, 4) is 0 Å². The molecule has 1 aliphatic rings. The number of allylic oxidation sites excluding steroid dienone is 1. The highest BCUT2D eigenvalue weighted by atomic mass is 35.5. The van der Waals surface area contributed by atoms with E-state index in [0.717, 1.165) is 49.8 Å². The fourth-order valence-corrected chi connectivity index (χ4v) is 5.04. The minimum Gasteiger partial charge on any atom is -0.477 e. The second kappa shape index (κ2) is 11.1. The van der Waals surface area contributed by atoms with E-state index in [1.807, 2.05) is 6.07 Å². The van der Waals surface area contributed by atoms with Crippen LogP contribution in [0.15, 0.2) is 24.3 Å². The molecule has 6 heteroatoms. The Hall–Kier alpha value is -0.880. The maximum Gasteiger partial charge on any atom is 0.345 e. The van der Waals surface area contributed by atoms with E-state index in [0.29, 0.717) is 11.3 Å². The van der Waals surface area contributed by atoms with Crippen LogP contribution in [-0.4, -0.2) is 39.4 Å². The molecule has 26 heavy (non-hydrogen) atoms. The Labute approximate surface area is 164 Å². The minimum atomic E-state index is -0.870. The van der Waals surface area contributed by atoms with Gasteiger partial charge in [0.15, 0.2) is 0 Å². The number of aliphatic hydroxyl groups excluding tert-OH is 2. The molecule has 4 nitrogen and oxygen atoms in total. The molecule has 0 aromatic carbocycles. The summed E-state index contributed by atoms with van der Waals surface area (Å²) >= 11 is 7.82. The van der Waals surface area contributed by atoms with Crippen molar-refractivity contribution in [3.05, 3.63) is 34.0 Å². The molecule has 4 atom stereocenters. The number of unbranched alkanes of at least 4 members (excludes halogenated alkanes) is 3. The van der Waals surface area contributed by atoms with Gasteiger partial charge in [-0.2, -0.15) is 0 Å². The number of halogens is 1. The third-order valence-corrected chi connectivity index (χ3v) is 6.73. The summed E-state index contributed by atoms with van der Waals surface area (Å²) in [6, 6.07) is 3.55. The number of carbonyl (C=O) groups is 1. The number of aliphatic hydroxyl groups is 2. The Morgan fingerprint density at radius 2 is 2.08 bits per heavy atom. The molecule has 1 fully saturated rings. The monoisotopic (exact) mass is 400 g/mol. The van der Waals surface area contributed by atoms with Gasteiger partial charge in [-0.25, -0.2) is 4.79 Å². The predicted molar refractivity (Wildman–Crippen MR) is 106 cm³/mol. The summed E-state index contributed by atoms with van der Waals surface area (Å²) < 4.78 is 0. The van der Waals surface area contributed by atoms with Crippen LogP contribution in [0.1, 0.15) is 59.5 Å². The molecule has 0 unspecified atom stereocenters. The molecule has 0 spiro atoms. The lowest BCUT2D eigenvalue weighted by Crippen LogP contribution is -2.18. The van der Waals surface area contributed by atoms with Gasteiger partial charge in [0.05, 0.1) is 6.10 Å². The van der Waals surface area contributed by atoms with E-state index in [-0.39, 0.29) is 29.9 Å². The van der Waals surface area contributed by atoms with Crippen LogP contribution in [0.2, 0.25) is 0 Å². The first-order chi connectivity index (χ1) is 12.5. The smallest absolute Gasteiger partial charge is 0.345 e. The second-order valence-corrected chi connectivity index (χ2v) is 8.75. The molecule has 1 aromatic rings. The van der Waals surface area contributed by atoms with Gasteiger partial charge in [0.1, 0.15) is 4.88 Å². The van der Waals surface area contributed by atoms with Crippen LogP contribution in [0.4, 0.5) is 0 Å². The van der Waals surface area contributed by atoms with Crippen molar-refractivity contribution in [2.24, 2.45) is 11.8 Å². The zero-order valence-electron chi connectivity index (χ0n) is 15.0. The van der Waals surface area contributed by atoms with Crippen molar-refractivity contribution in [1.29, 1.82) is 0 Å². The lowest BCUT2D eigenvalue weighted by Gasteiger charge is -2.20. The topological polar surface area (TPSA) is 77.8 Å². The molecule has 0 aliphatic heterocycles. The molecular formula is C20H29ClO4S. The summed E-state index contributed by atoms with van der Waals surface area (Å²) in [4.78, 5) is 12.4. The number of hydrogen-bond donors (Lipinski definition) is 3. The van der Waals surface area contributed by atoms with Crippen LogP contribution in [0.3, 0.4) is 0 Å². The first-order valence-electron chi connectivity index (χ1n) is 9.44. The highest BCUT2D eigenvalue weighted by Crippen LogP contribution is 2.40. The van der Waals surface area contributed by atoms with E-state index in [1.165, 1.54) is 11.3 Å². The third-order valence-electron chi connectivity index (χ3n) is 5.09. The quantitative estimate of drug-likeness (QED) is 0.290. The summed E-state index contributed by atoms with van der Waals surface area (Å²) in [5, 5.41) is 28.1. The van der Waals surface area contributed by atoms with Crippen LogP contribution in [-0.2, 0) is 6.42 Å². The summed E-state index contributed by atoms with van der Waals surface area (Å²) in [6.07, 6.45) is 11.2. The molecule has 2 rings (SSSR count). The maximum absolute atomic E-state index is 10.9. The van der Waals surface area contributed by atoms with Crippen LogP contribution >= 0.6 is 22.9 Å². The normalized spacial score (nSPS) is 26.0. The Balaban J connectivity index is 1.80. The van der Waals surface area contributed by atoms with Gasteiger partial charge in [0.2, 0.25) is 0 Å². The zero-order valence-corrected chi connectivity index (χ0v) is 16.6. The van der Waals surface area contributed by atoms with Gasteiger partial charge >= 0.3 is 5.97 Å². The Kier molecular flexibility index (Phi) is 9.12. The molecule has 1 heterocycles. The molecular weight excluding hydrogens is 372 g/mol. The SMILES string of the molecule is O=C(O)c1ccc(CCC[C@@H]2[C@H](C=CCCCCCO)[C@H](O)C[C@@H]2Cl)s1. The van der Waals surface area contributed by atoms with Crippen LogP contribution in [0, 0.1) is 11.8 Å². The van der Waals surface area contributed by atoms with Crippen LogP contribution < -0.4 is 0 Å². The highest BCUT2D eigenvalue weighted by Gasteiger charge is 2.39. The van der Waals surface area contributed by atoms with Crippen molar-refractivity contribution in [2.75, 3.05) is 6.61 Å². The molecule has 1 aromatic heterocycles. The molecule has 0 saturated heterocycles. The first-order valence-corrected chi connectivity index (χ1v) is 10.7. The van der Waals surface area contributed by atoms with E-state index in [2.05, 4.69) is 12.2 Å². The minimum absolute atomic E-state index is 0.00745. The highest BCUT2D eigenvalue weighted by molar-refractivity contribution is 7.13. The molecule has 146 valence electrons. The number of alkyl halides is 1. The zero-order chi connectivity index (χ0) is 18.9. The molecule has 3 N–H and O–H groups in total. The van der Waals surface area contributed by atoms with Gasteiger partial charge in [-0.3, -0.25) is 0 Å². The number of aromatic carboxylic acids is 1. The standard InChI is InChI=1S/C20H29ClO4S/c21-17-13-18(23)16(8-4-2-1-3-5-12-22)15(17)9-6-7-14-10-11-19(26-14)20(24)25/h4,8,10-11,15-18,22-23H,1-3,5-7,9,12-13H2,(H,24,25)/t15-,16+,17+,18-/m1/s1.